The Morgan fingerprint density at radius 1 is 1.67 bits per heavy atom. The summed E-state index contributed by atoms with van der Waals surface area (Å²) in [6.07, 6.45) is 1.01. The first-order chi connectivity index (χ1) is 7.15. The Kier molecular flexibility index (Phi) is 3.98. The fraction of sp³-hybridized carbons (Fsp3) is 0.600. The van der Waals surface area contributed by atoms with Crippen LogP contribution in [0.25, 0.3) is 0 Å². The van der Waals surface area contributed by atoms with Crippen LogP contribution < -0.4 is 5.32 Å². The predicted octanol–water partition coefficient (Wildman–Crippen LogP) is 2.68. The molecule has 0 amide bonds. The van der Waals surface area contributed by atoms with Crippen molar-refractivity contribution >= 4 is 38.1 Å². The molecule has 2 nitrogen and oxygen atoms in total. The molecule has 0 spiro atoms. The van der Waals surface area contributed by atoms with Crippen LogP contribution in [0.15, 0.2) is 15.9 Å². The van der Waals surface area contributed by atoms with E-state index in [9.17, 15) is 4.21 Å². The van der Waals surface area contributed by atoms with E-state index < -0.39 is 10.8 Å². The van der Waals surface area contributed by atoms with Crippen LogP contribution in [0.5, 0.6) is 0 Å². The normalized spacial score (nSPS) is 32.5. The van der Waals surface area contributed by atoms with Gasteiger partial charge in [-0.1, -0.05) is 0 Å². The van der Waals surface area contributed by atoms with E-state index >= 15 is 0 Å². The maximum Gasteiger partial charge on any atom is 0.0534 e. The van der Waals surface area contributed by atoms with E-state index in [1.165, 1.54) is 4.88 Å². The lowest BCUT2D eigenvalue weighted by Crippen LogP contribution is -2.30. The average molecular weight is 308 g/mol. The lowest BCUT2D eigenvalue weighted by atomic mass is 10.2. The maximum absolute atomic E-state index is 11.7. The molecule has 0 aromatic carbocycles. The summed E-state index contributed by atoms with van der Waals surface area (Å²) in [6, 6.07) is 2.85. The Morgan fingerprint density at radius 3 is 3.13 bits per heavy atom. The minimum atomic E-state index is -0.671. The van der Waals surface area contributed by atoms with Gasteiger partial charge in [-0.25, -0.2) is 0 Å². The molecule has 0 saturated carbocycles. The molecule has 1 fully saturated rings. The van der Waals surface area contributed by atoms with Gasteiger partial charge in [-0.2, -0.15) is 0 Å². The molecule has 3 atom stereocenters. The zero-order valence-electron chi connectivity index (χ0n) is 8.53. The van der Waals surface area contributed by atoms with Crippen LogP contribution in [0.1, 0.15) is 24.3 Å². The second-order valence-electron chi connectivity index (χ2n) is 3.89. The molecule has 2 rings (SSSR count). The van der Waals surface area contributed by atoms with E-state index in [4.69, 9.17) is 0 Å². The Labute approximate surface area is 105 Å². The minimum Gasteiger partial charge on any atom is -0.306 e. The van der Waals surface area contributed by atoms with Gasteiger partial charge in [-0.3, -0.25) is 4.21 Å². The summed E-state index contributed by atoms with van der Waals surface area (Å²) in [6.45, 7) is 2.16. The number of rotatable bonds is 1. The summed E-state index contributed by atoms with van der Waals surface area (Å²) >= 11 is 5.18. The van der Waals surface area contributed by atoms with Crippen molar-refractivity contribution in [2.75, 3.05) is 11.5 Å². The molecule has 1 aromatic rings. The molecule has 0 radical (unpaired) electrons. The van der Waals surface area contributed by atoms with Crippen molar-refractivity contribution in [1.29, 1.82) is 0 Å². The zero-order chi connectivity index (χ0) is 10.8. The van der Waals surface area contributed by atoms with E-state index in [0.717, 1.165) is 22.4 Å². The van der Waals surface area contributed by atoms with Crippen LogP contribution in [0.4, 0.5) is 0 Å². The first-order valence-electron chi connectivity index (χ1n) is 5.00. The van der Waals surface area contributed by atoms with Crippen molar-refractivity contribution in [1.82, 2.24) is 5.32 Å². The van der Waals surface area contributed by atoms with Gasteiger partial charge in [0.05, 0.1) is 6.04 Å². The summed E-state index contributed by atoms with van der Waals surface area (Å²) in [5.74, 6) is 1.58. The molecule has 1 aromatic heterocycles. The summed E-state index contributed by atoms with van der Waals surface area (Å²) in [7, 11) is -0.671. The van der Waals surface area contributed by atoms with Crippen LogP contribution in [0.3, 0.4) is 0 Å². The highest BCUT2D eigenvalue weighted by Gasteiger charge is 2.22. The topological polar surface area (TPSA) is 29.1 Å². The van der Waals surface area contributed by atoms with Crippen molar-refractivity contribution in [3.63, 3.8) is 0 Å². The van der Waals surface area contributed by atoms with E-state index in [2.05, 4.69) is 39.6 Å². The van der Waals surface area contributed by atoms with Gasteiger partial charge in [0.2, 0.25) is 0 Å². The Hall–Kier alpha value is 0.290. The van der Waals surface area contributed by atoms with E-state index in [1.54, 1.807) is 11.3 Å². The number of halogens is 1. The second-order valence-corrected chi connectivity index (χ2v) is 7.37. The van der Waals surface area contributed by atoms with E-state index in [0.29, 0.717) is 6.04 Å². The fourth-order valence-corrected chi connectivity index (χ4v) is 4.77. The standard InChI is InChI=1S/C10H14BrNOS2/c1-7-2-3-15(13)6-9(12-7)10-4-8(11)5-14-10/h4-5,7,9,12H,2-3,6H2,1H3. The Balaban J connectivity index is 2.16. The highest BCUT2D eigenvalue weighted by molar-refractivity contribution is 9.10. The lowest BCUT2D eigenvalue weighted by Gasteiger charge is -2.17. The third kappa shape index (κ3) is 3.12. The zero-order valence-corrected chi connectivity index (χ0v) is 11.8. The Morgan fingerprint density at radius 2 is 2.47 bits per heavy atom. The van der Waals surface area contributed by atoms with Gasteiger partial charge in [-0.15, -0.1) is 11.3 Å². The monoisotopic (exact) mass is 307 g/mol. The smallest absolute Gasteiger partial charge is 0.0534 e. The molecular formula is C10H14BrNOS2. The third-order valence-corrected chi connectivity index (χ3v) is 5.75. The lowest BCUT2D eigenvalue weighted by molar-refractivity contribution is 0.489. The van der Waals surface area contributed by atoms with Gasteiger partial charge in [0.15, 0.2) is 0 Å². The summed E-state index contributed by atoms with van der Waals surface area (Å²) in [5.41, 5.74) is 0. The highest BCUT2D eigenvalue weighted by atomic mass is 79.9. The van der Waals surface area contributed by atoms with Crippen LogP contribution >= 0.6 is 27.3 Å². The number of hydrogen-bond acceptors (Lipinski definition) is 3. The maximum atomic E-state index is 11.7. The molecule has 1 aliphatic rings. The quantitative estimate of drug-likeness (QED) is 0.864. The molecule has 84 valence electrons. The van der Waals surface area contributed by atoms with Crippen molar-refractivity contribution in [3.8, 4) is 0 Å². The predicted molar refractivity (Wildman–Crippen MR) is 69.9 cm³/mol. The largest absolute Gasteiger partial charge is 0.306 e. The van der Waals surface area contributed by atoms with Crippen LogP contribution in [-0.4, -0.2) is 21.8 Å². The van der Waals surface area contributed by atoms with Crippen molar-refractivity contribution in [2.45, 2.75) is 25.4 Å². The van der Waals surface area contributed by atoms with Gasteiger partial charge >= 0.3 is 0 Å². The van der Waals surface area contributed by atoms with Gasteiger partial charge in [0, 0.05) is 43.1 Å². The molecule has 5 heteroatoms. The molecule has 2 heterocycles. The molecular weight excluding hydrogens is 294 g/mol. The summed E-state index contributed by atoms with van der Waals surface area (Å²) in [4.78, 5) is 1.28. The van der Waals surface area contributed by atoms with Gasteiger partial charge in [-0.05, 0) is 35.3 Å². The molecule has 15 heavy (non-hydrogen) atoms. The van der Waals surface area contributed by atoms with Crippen molar-refractivity contribution in [2.24, 2.45) is 0 Å². The van der Waals surface area contributed by atoms with Crippen LogP contribution in [0.2, 0.25) is 0 Å². The highest BCUT2D eigenvalue weighted by Crippen LogP contribution is 2.27. The SMILES string of the molecule is CC1CCS(=O)CC(c2cc(Br)cs2)N1. The minimum absolute atomic E-state index is 0.264. The molecule has 0 bridgehead atoms. The van der Waals surface area contributed by atoms with E-state index in [1.807, 2.05) is 0 Å². The molecule has 1 aliphatic heterocycles. The summed E-state index contributed by atoms with van der Waals surface area (Å²) < 4.78 is 12.8. The van der Waals surface area contributed by atoms with E-state index in [-0.39, 0.29) is 6.04 Å². The van der Waals surface area contributed by atoms with Gasteiger partial charge in [0.25, 0.3) is 0 Å². The molecule has 1 N–H and O–H groups in total. The van der Waals surface area contributed by atoms with Crippen molar-refractivity contribution in [3.05, 3.63) is 20.8 Å². The van der Waals surface area contributed by atoms with Gasteiger partial charge < -0.3 is 5.32 Å². The Bertz CT molecular complexity index is 366. The molecule has 3 unspecified atom stereocenters. The van der Waals surface area contributed by atoms with Gasteiger partial charge in [0.1, 0.15) is 0 Å². The van der Waals surface area contributed by atoms with Crippen LogP contribution in [-0.2, 0) is 10.8 Å². The average Bonchev–Trinajstić information content (AvgIpc) is 2.53. The third-order valence-electron chi connectivity index (χ3n) is 2.55. The fourth-order valence-electron chi connectivity index (χ4n) is 1.73. The number of nitrogens with one attached hydrogen (secondary N) is 1. The molecule has 1 saturated heterocycles. The summed E-state index contributed by atoms with van der Waals surface area (Å²) in [5, 5.41) is 5.61. The first-order valence-corrected chi connectivity index (χ1v) is 8.16. The molecule has 0 aliphatic carbocycles. The number of hydrogen-bond donors (Lipinski definition) is 1. The number of thiophene rings is 1. The van der Waals surface area contributed by atoms with Crippen molar-refractivity contribution < 1.29 is 4.21 Å². The second kappa shape index (κ2) is 5.08. The first kappa shape index (κ1) is 11.8. The van der Waals surface area contributed by atoms with Crippen LogP contribution in [0, 0.1) is 0 Å².